The molecule has 100 valence electrons. The second-order valence-corrected chi connectivity index (χ2v) is 5.39. The molecule has 0 amide bonds. The van der Waals surface area contributed by atoms with E-state index in [0.717, 1.165) is 36.4 Å². The fourth-order valence-corrected chi connectivity index (χ4v) is 2.72. The van der Waals surface area contributed by atoms with Gasteiger partial charge in [0.1, 0.15) is 5.82 Å². The summed E-state index contributed by atoms with van der Waals surface area (Å²) >= 11 is 0. The first-order chi connectivity index (χ1) is 9.26. The lowest BCUT2D eigenvalue weighted by Crippen LogP contribution is -2.29. The quantitative estimate of drug-likeness (QED) is 0.912. The lowest BCUT2D eigenvalue weighted by Gasteiger charge is -2.24. The van der Waals surface area contributed by atoms with Crippen LogP contribution in [-0.2, 0) is 0 Å². The van der Waals surface area contributed by atoms with E-state index in [1.165, 1.54) is 24.1 Å². The van der Waals surface area contributed by atoms with Crippen LogP contribution in [0.25, 0.3) is 16.6 Å². The zero-order valence-corrected chi connectivity index (χ0v) is 11.7. The van der Waals surface area contributed by atoms with Crippen molar-refractivity contribution in [2.24, 2.45) is 0 Å². The Morgan fingerprint density at radius 3 is 3.00 bits per heavy atom. The summed E-state index contributed by atoms with van der Waals surface area (Å²) in [4.78, 5) is 10.7. The summed E-state index contributed by atoms with van der Waals surface area (Å²) in [7, 11) is 0. The monoisotopic (exact) mass is 255 g/mol. The lowest BCUT2D eigenvalue weighted by atomic mass is 10.1. The third-order valence-corrected chi connectivity index (χ3v) is 3.77. The molecule has 0 radical (unpaired) electrons. The highest BCUT2D eigenvalue weighted by Gasteiger charge is 2.14. The van der Waals surface area contributed by atoms with Crippen molar-refractivity contribution in [3.8, 4) is 0 Å². The van der Waals surface area contributed by atoms with Crippen molar-refractivity contribution >= 4 is 16.6 Å². The SMILES string of the molecule is CCCN1CC=C(c2nc3ccc(C)cc3[nH]2)CC1. The van der Waals surface area contributed by atoms with Crippen molar-refractivity contribution in [2.45, 2.75) is 26.7 Å². The minimum atomic E-state index is 1.05. The van der Waals surface area contributed by atoms with Crippen molar-refractivity contribution in [3.63, 3.8) is 0 Å². The smallest absolute Gasteiger partial charge is 0.134 e. The van der Waals surface area contributed by atoms with Gasteiger partial charge in [-0.3, -0.25) is 4.90 Å². The average Bonchev–Trinajstić information content (AvgIpc) is 2.83. The summed E-state index contributed by atoms with van der Waals surface area (Å²) in [5.74, 6) is 1.05. The highest BCUT2D eigenvalue weighted by atomic mass is 15.1. The van der Waals surface area contributed by atoms with Crippen LogP contribution in [0.1, 0.15) is 31.2 Å². The Kier molecular flexibility index (Phi) is 3.38. The number of nitrogens with one attached hydrogen (secondary N) is 1. The van der Waals surface area contributed by atoms with E-state index in [0.29, 0.717) is 0 Å². The van der Waals surface area contributed by atoms with Gasteiger partial charge in [-0.1, -0.05) is 19.1 Å². The zero-order chi connectivity index (χ0) is 13.2. The molecule has 1 aromatic heterocycles. The number of nitrogens with zero attached hydrogens (tertiary/aromatic N) is 2. The number of aromatic amines is 1. The van der Waals surface area contributed by atoms with Gasteiger partial charge in [0, 0.05) is 13.1 Å². The Labute approximate surface area is 114 Å². The van der Waals surface area contributed by atoms with E-state index < -0.39 is 0 Å². The molecule has 0 unspecified atom stereocenters. The second kappa shape index (κ2) is 5.17. The minimum Gasteiger partial charge on any atom is -0.338 e. The molecule has 19 heavy (non-hydrogen) atoms. The Bertz CT molecular complexity index is 609. The molecule has 0 saturated heterocycles. The Balaban J connectivity index is 1.85. The number of fused-ring (bicyclic) bond motifs is 1. The van der Waals surface area contributed by atoms with E-state index in [-0.39, 0.29) is 0 Å². The summed E-state index contributed by atoms with van der Waals surface area (Å²) in [5.41, 5.74) is 4.85. The molecule has 3 rings (SSSR count). The van der Waals surface area contributed by atoms with Gasteiger partial charge in [-0.25, -0.2) is 4.98 Å². The summed E-state index contributed by atoms with van der Waals surface area (Å²) in [6.45, 7) is 7.75. The molecule has 3 heteroatoms. The Morgan fingerprint density at radius 2 is 2.26 bits per heavy atom. The number of aryl methyl sites for hydroxylation is 1. The predicted molar refractivity (Wildman–Crippen MR) is 80.2 cm³/mol. The van der Waals surface area contributed by atoms with Gasteiger partial charge in [-0.15, -0.1) is 0 Å². The van der Waals surface area contributed by atoms with Gasteiger partial charge in [-0.05, 0) is 49.6 Å². The van der Waals surface area contributed by atoms with Crippen molar-refractivity contribution in [1.82, 2.24) is 14.9 Å². The number of hydrogen-bond acceptors (Lipinski definition) is 2. The van der Waals surface area contributed by atoms with E-state index in [2.05, 4.69) is 48.0 Å². The molecule has 1 aromatic carbocycles. The van der Waals surface area contributed by atoms with Crippen LogP contribution in [0.2, 0.25) is 0 Å². The number of aromatic nitrogens is 2. The highest BCUT2D eigenvalue weighted by Crippen LogP contribution is 2.23. The highest BCUT2D eigenvalue weighted by molar-refractivity contribution is 5.79. The van der Waals surface area contributed by atoms with Gasteiger partial charge < -0.3 is 4.98 Å². The largest absolute Gasteiger partial charge is 0.338 e. The fraction of sp³-hybridized carbons (Fsp3) is 0.438. The zero-order valence-electron chi connectivity index (χ0n) is 11.7. The third kappa shape index (κ3) is 2.56. The molecule has 0 aliphatic carbocycles. The molecule has 0 spiro atoms. The molecule has 2 heterocycles. The molecule has 1 N–H and O–H groups in total. The number of hydrogen-bond donors (Lipinski definition) is 1. The Hall–Kier alpha value is -1.61. The molecule has 1 aliphatic rings. The van der Waals surface area contributed by atoms with Crippen LogP contribution in [0, 0.1) is 6.92 Å². The van der Waals surface area contributed by atoms with Crippen molar-refractivity contribution < 1.29 is 0 Å². The standard InChI is InChI=1S/C16H21N3/c1-3-8-19-9-6-13(7-10-19)16-17-14-5-4-12(2)11-15(14)18-16/h4-6,11H,3,7-10H2,1-2H3,(H,17,18). The van der Waals surface area contributed by atoms with Crippen LogP contribution < -0.4 is 0 Å². The number of rotatable bonds is 3. The lowest BCUT2D eigenvalue weighted by molar-refractivity contribution is 0.302. The third-order valence-electron chi connectivity index (χ3n) is 3.77. The molecular formula is C16H21N3. The van der Waals surface area contributed by atoms with Gasteiger partial charge in [0.05, 0.1) is 11.0 Å². The van der Waals surface area contributed by atoms with E-state index >= 15 is 0 Å². The molecule has 0 saturated carbocycles. The van der Waals surface area contributed by atoms with Gasteiger partial charge in [0.2, 0.25) is 0 Å². The van der Waals surface area contributed by atoms with Gasteiger partial charge in [-0.2, -0.15) is 0 Å². The van der Waals surface area contributed by atoms with Gasteiger partial charge in [0.15, 0.2) is 0 Å². The summed E-state index contributed by atoms with van der Waals surface area (Å²) < 4.78 is 0. The molecule has 0 atom stereocenters. The normalized spacial score (nSPS) is 16.8. The summed E-state index contributed by atoms with van der Waals surface area (Å²) in [5, 5.41) is 0. The van der Waals surface area contributed by atoms with Gasteiger partial charge in [0.25, 0.3) is 0 Å². The van der Waals surface area contributed by atoms with Crippen molar-refractivity contribution in [1.29, 1.82) is 0 Å². The number of H-pyrrole nitrogens is 1. The predicted octanol–water partition coefficient (Wildman–Crippen LogP) is 3.37. The van der Waals surface area contributed by atoms with Crippen LogP contribution in [0.15, 0.2) is 24.3 Å². The maximum atomic E-state index is 4.71. The Morgan fingerprint density at radius 1 is 1.37 bits per heavy atom. The van der Waals surface area contributed by atoms with E-state index in [4.69, 9.17) is 4.98 Å². The summed E-state index contributed by atoms with van der Waals surface area (Å²) in [6.07, 6.45) is 4.65. The first kappa shape index (κ1) is 12.4. The van der Waals surface area contributed by atoms with Crippen LogP contribution in [0.3, 0.4) is 0 Å². The molecule has 1 aliphatic heterocycles. The number of imidazole rings is 1. The van der Waals surface area contributed by atoms with Crippen LogP contribution in [0.5, 0.6) is 0 Å². The maximum Gasteiger partial charge on any atom is 0.134 e. The number of benzene rings is 1. The first-order valence-corrected chi connectivity index (χ1v) is 7.14. The van der Waals surface area contributed by atoms with E-state index in [1.54, 1.807) is 0 Å². The second-order valence-electron chi connectivity index (χ2n) is 5.39. The van der Waals surface area contributed by atoms with Crippen LogP contribution >= 0.6 is 0 Å². The first-order valence-electron chi connectivity index (χ1n) is 7.14. The molecule has 0 fully saturated rings. The van der Waals surface area contributed by atoms with Crippen molar-refractivity contribution in [3.05, 3.63) is 35.7 Å². The maximum absolute atomic E-state index is 4.71. The fourth-order valence-electron chi connectivity index (χ4n) is 2.72. The van der Waals surface area contributed by atoms with E-state index in [9.17, 15) is 0 Å². The molecule has 0 bridgehead atoms. The van der Waals surface area contributed by atoms with Crippen molar-refractivity contribution in [2.75, 3.05) is 19.6 Å². The van der Waals surface area contributed by atoms with Crippen LogP contribution in [0.4, 0.5) is 0 Å². The van der Waals surface area contributed by atoms with Crippen LogP contribution in [-0.4, -0.2) is 34.5 Å². The average molecular weight is 255 g/mol. The van der Waals surface area contributed by atoms with E-state index in [1.807, 2.05) is 0 Å². The molecular weight excluding hydrogens is 234 g/mol. The molecule has 3 nitrogen and oxygen atoms in total. The molecule has 2 aromatic rings. The van der Waals surface area contributed by atoms with Gasteiger partial charge >= 0.3 is 0 Å². The topological polar surface area (TPSA) is 31.9 Å². The summed E-state index contributed by atoms with van der Waals surface area (Å²) in [6, 6.07) is 6.38. The minimum absolute atomic E-state index is 1.05.